The van der Waals surface area contributed by atoms with Crippen LogP contribution in [0.25, 0.3) is 27.1 Å². The number of aromatic nitrogens is 1. The van der Waals surface area contributed by atoms with E-state index < -0.39 is 5.97 Å². The van der Waals surface area contributed by atoms with Crippen molar-refractivity contribution in [3.05, 3.63) is 77.6 Å². The van der Waals surface area contributed by atoms with Gasteiger partial charge in [-0.15, -0.1) is 11.3 Å². The maximum absolute atomic E-state index is 12.6. The summed E-state index contributed by atoms with van der Waals surface area (Å²) in [5.41, 5.74) is 1.79. The number of ketones is 1. The Labute approximate surface area is 157 Å². The fourth-order valence-corrected chi connectivity index (χ4v) is 3.87. The molecule has 0 spiro atoms. The highest BCUT2D eigenvalue weighted by Crippen LogP contribution is 2.34. The van der Waals surface area contributed by atoms with Gasteiger partial charge in [0.15, 0.2) is 0 Å². The van der Waals surface area contributed by atoms with Crippen molar-refractivity contribution >= 4 is 39.6 Å². The fourth-order valence-electron chi connectivity index (χ4n) is 2.93. The van der Waals surface area contributed by atoms with Crippen LogP contribution in [-0.2, 0) is 4.79 Å². The van der Waals surface area contributed by atoms with Gasteiger partial charge in [0.2, 0.25) is 11.5 Å². The van der Waals surface area contributed by atoms with Gasteiger partial charge in [-0.1, -0.05) is 42.5 Å². The van der Waals surface area contributed by atoms with Crippen molar-refractivity contribution in [1.82, 2.24) is 4.98 Å². The highest BCUT2D eigenvalue weighted by Gasteiger charge is 2.30. The molecule has 0 saturated heterocycles. The van der Waals surface area contributed by atoms with E-state index in [-0.39, 0.29) is 17.1 Å². The molecule has 0 fully saturated rings. The molecule has 3 heterocycles. The van der Waals surface area contributed by atoms with Gasteiger partial charge in [0, 0.05) is 11.6 Å². The summed E-state index contributed by atoms with van der Waals surface area (Å²) in [6, 6.07) is 18.3. The van der Waals surface area contributed by atoms with E-state index in [1.807, 2.05) is 30.3 Å². The summed E-state index contributed by atoms with van der Waals surface area (Å²) in [5.74, 6) is -0.391. The lowest BCUT2D eigenvalue weighted by atomic mass is 9.99. The van der Waals surface area contributed by atoms with E-state index in [0.717, 1.165) is 15.3 Å². The van der Waals surface area contributed by atoms with Gasteiger partial charge < -0.3 is 9.15 Å². The quantitative estimate of drug-likeness (QED) is 0.220. The van der Waals surface area contributed by atoms with Crippen molar-refractivity contribution < 1.29 is 18.7 Å². The molecule has 0 aliphatic carbocycles. The Hall–Kier alpha value is -3.51. The number of Topliss-reactive ketones (excluding diaryl/α,β-unsaturated/α-hetero) is 1. The molecule has 0 saturated carbocycles. The number of hydrogen-bond acceptors (Lipinski definition) is 6. The van der Waals surface area contributed by atoms with Crippen molar-refractivity contribution in [2.24, 2.45) is 0 Å². The van der Waals surface area contributed by atoms with Crippen LogP contribution < -0.4 is 4.74 Å². The van der Waals surface area contributed by atoms with Gasteiger partial charge in [-0.3, -0.25) is 4.79 Å². The summed E-state index contributed by atoms with van der Waals surface area (Å²) in [6.45, 7) is 0. The maximum Gasteiger partial charge on any atom is 0.347 e. The largest absolute Gasteiger partial charge is 0.437 e. The second-order valence-electron chi connectivity index (χ2n) is 5.98. The van der Waals surface area contributed by atoms with Gasteiger partial charge in [0.25, 0.3) is 0 Å². The molecule has 0 atom stereocenters. The predicted octanol–water partition coefficient (Wildman–Crippen LogP) is 4.74. The van der Waals surface area contributed by atoms with Gasteiger partial charge in [-0.25, -0.2) is 9.78 Å². The normalized spacial score (nSPS) is 15.2. The van der Waals surface area contributed by atoms with E-state index in [2.05, 4.69) is 4.98 Å². The minimum Gasteiger partial charge on any atom is -0.437 e. The molecule has 4 aromatic rings. The molecule has 0 unspecified atom stereocenters. The minimum atomic E-state index is -0.684. The number of esters is 1. The number of carbonyl (C=O) groups excluding carboxylic acids is 2. The van der Waals surface area contributed by atoms with E-state index >= 15 is 0 Å². The zero-order chi connectivity index (χ0) is 18.4. The minimum absolute atomic E-state index is 0.0571. The number of nitrogens with zero attached hydrogens (tertiary/aromatic N) is 1. The number of benzene rings is 2. The lowest BCUT2D eigenvalue weighted by Gasteiger charge is -2.15. The van der Waals surface area contributed by atoms with Crippen LogP contribution in [0, 0.1) is 0 Å². The van der Waals surface area contributed by atoms with E-state index in [0.29, 0.717) is 17.0 Å². The van der Waals surface area contributed by atoms with Crippen LogP contribution in [0.2, 0.25) is 0 Å². The lowest BCUT2D eigenvalue weighted by molar-refractivity contribution is -0.130. The van der Waals surface area contributed by atoms with Gasteiger partial charge in [0.05, 0.1) is 10.3 Å². The summed E-state index contributed by atoms with van der Waals surface area (Å²) in [5, 5.41) is 0.852. The molecule has 27 heavy (non-hydrogen) atoms. The summed E-state index contributed by atoms with van der Waals surface area (Å²) < 4.78 is 11.8. The number of furan rings is 1. The number of hydrogen-bond donors (Lipinski definition) is 0. The highest BCUT2D eigenvalue weighted by molar-refractivity contribution is 7.21. The van der Waals surface area contributed by atoms with Crippen molar-refractivity contribution in [2.75, 3.05) is 0 Å². The predicted molar refractivity (Wildman–Crippen MR) is 102 cm³/mol. The summed E-state index contributed by atoms with van der Waals surface area (Å²) in [6.07, 6.45) is 1.41. The molecular formula is C21H11NO4S. The molecule has 0 radical (unpaired) electrons. The standard InChI is InChI=1S/C21H11NO4S/c23-18-14-8-4-5-9-16(14)26-21(24)15(18)10-13-11-17-19(25-13)22-20(27-17)12-6-2-1-3-7-12/h1-11H/b15-10-. The molecule has 0 amide bonds. The average molecular weight is 373 g/mol. The van der Waals surface area contributed by atoms with E-state index in [1.54, 1.807) is 30.3 Å². The van der Waals surface area contributed by atoms with E-state index in [4.69, 9.17) is 9.15 Å². The molecule has 2 aromatic carbocycles. The molecule has 1 aliphatic heterocycles. The Morgan fingerprint density at radius 2 is 1.74 bits per heavy atom. The van der Waals surface area contributed by atoms with Crippen LogP contribution in [0.4, 0.5) is 0 Å². The number of carbonyl (C=O) groups is 2. The first-order valence-electron chi connectivity index (χ1n) is 8.22. The van der Waals surface area contributed by atoms with E-state index in [1.165, 1.54) is 17.4 Å². The number of para-hydroxylation sites is 1. The fraction of sp³-hybridized carbons (Fsp3) is 0. The topological polar surface area (TPSA) is 69.4 Å². The molecule has 0 bridgehead atoms. The first-order valence-corrected chi connectivity index (χ1v) is 9.04. The number of rotatable bonds is 2. The number of ether oxygens (including phenoxy) is 1. The Balaban J connectivity index is 1.52. The molecule has 130 valence electrons. The Morgan fingerprint density at radius 3 is 2.56 bits per heavy atom. The van der Waals surface area contributed by atoms with Crippen LogP contribution >= 0.6 is 11.3 Å². The zero-order valence-corrected chi connectivity index (χ0v) is 14.7. The van der Waals surface area contributed by atoms with Crippen molar-refractivity contribution in [2.45, 2.75) is 0 Å². The molecule has 0 N–H and O–H groups in total. The van der Waals surface area contributed by atoms with Crippen LogP contribution in [0.3, 0.4) is 0 Å². The Bertz CT molecular complexity index is 1200. The monoisotopic (exact) mass is 373 g/mol. The third-order valence-electron chi connectivity index (χ3n) is 4.21. The van der Waals surface area contributed by atoms with Gasteiger partial charge in [0.1, 0.15) is 22.1 Å². The SMILES string of the molecule is O=C1Oc2ccccc2C(=O)/C1=C/c1cc2sc(-c3ccccc3)nc2o1. The Kier molecular flexibility index (Phi) is 3.51. The average Bonchev–Trinajstić information content (AvgIpc) is 3.24. The van der Waals surface area contributed by atoms with Gasteiger partial charge in [-0.2, -0.15) is 0 Å². The third kappa shape index (κ3) is 2.67. The van der Waals surface area contributed by atoms with E-state index in [9.17, 15) is 9.59 Å². The molecule has 6 heteroatoms. The first kappa shape index (κ1) is 15.7. The van der Waals surface area contributed by atoms with Gasteiger partial charge in [-0.05, 0) is 18.2 Å². The molecule has 1 aliphatic rings. The van der Waals surface area contributed by atoms with Crippen LogP contribution in [0.1, 0.15) is 16.1 Å². The highest BCUT2D eigenvalue weighted by atomic mass is 32.1. The summed E-state index contributed by atoms with van der Waals surface area (Å²) >= 11 is 1.49. The molecular weight excluding hydrogens is 362 g/mol. The number of thiazole rings is 1. The molecule has 5 rings (SSSR count). The van der Waals surface area contributed by atoms with Crippen molar-refractivity contribution in [3.8, 4) is 16.3 Å². The van der Waals surface area contributed by atoms with Crippen LogP contribution in [0.15, 0.2) is 70.7 Å². The third-order valence-corrected chi connectivity index (χ3v) is 5.25. The smallest absolute Gasteiger partial charge is 0.347 e. The summed E-state index contributed by atoms with van der Waals surface area (Å²) in [4.78, 5) is 29.3. The second kappa shape index (κ2) is 6.03. The second-order valence-corrected chi connectivity index (χ2v) is 7.01. The summed E-state index contributed by atoms with van der Waals surface area (Å²) in [7, 11) is 0. The molecule has 5 nitrogen and oxygen atoms in total. The lowest BCUT2D eigenvalue weighted by Crippen LogP contribution is -2.24. The Morgan fingerprint density at radius 1 is 0.963 bits per heavy atom. The van der Waals surface area contributed by atoms with Crippen LogP contribution in [0.5, 0.6) is 5.75 Å². The zero-order valence-electron chi connectivity index (χ0n) is 13.8. The van der Waals surface area contributed by atoms with Gasteiger partial charge >= 0.3 is 5.97 Å². The van der Waals surface area contributed by atoms with Crippen molar-refractivity contribution in [1.29, 1.82) is 0 Å². The van der Waals surface area contributed by atoms with Crippen LogP contribution in [-0.4, -0.2) is 16.7 Å². The van der Waals surface area contributed by atoms with Crippen molar-refractivity contribution in [3.63, 3.8) is 0 Å². The first-order chi connectivity index (χ1) is 13.2. The maximum atomic E-state index is 12.6. The number of fused-ring (bicyclic) bond motifs is 2. The molecule has 2 aromatic heterocycles.